The van der Waals surface area contributed by atoms with Gasteiger partial charge in [-0.15, -0.1) is 13.2 Å². The van der Waals surface area contributed by atoms with Gasteiger partial charge in [-0.1, -0.05) is 42.5 Å². The average molecular weight is 218 g/mol. The molecule has 0 radical (unpaired) electrons. The first-order valence-corrected chi connectivity index (χ1v) is 7.75. The molecule has 0 unspecified atom stereocenters. The Bertz CT molecular complexity index is 309. The first kappa shape index (κ1) is 11.9. The van der Waals surface area contributed by atoms with Crippen LogP contribution in [-0.2, 0) is 6.04 Å². The van der Waals surface area contributed by atoms with Crippen molar-refractivity contribution in [3.05, 3.63) is 61.2 Å². The summed E-state index contributed by atoms with van der Waals surface area (Å²) in [5.41, 5.74) is 1.20. The minimum absolute atomic E-state index is 0.730. The lowest BCUT2D eigenvalue weighted by Gasteiger charge is -2.22. The summed E-state index contributed by atoms with van der Waals surface area (Å²) in [4.78, 5) is 10.5. The smallest absolute Gasteiger partial charge is 0.200 e. The standard InChI is InChI=1S/C13H18OSi/c1-3-10-15(14,11-4-2)12-13-8-6-5-7-9-13/h3-9,14H,1-2,10-12H2. The lowest BCUT2D eigenvalue weighted by Crippen LogP contribution is -2.36. The molecule has 0 atom stereocenters. The van der Waals surface area contributed by atoms with Crippen LogP contribution in [0, 0.1) is 0 Å². The molecule has 15 heavy (non-hydrogen) atoms. The van der Waals surface area contributed by atoms with E-state index in [2.05, 4.69) is 25.3 Å². The van der Waals surface area contributed by atoms with Crippen LogP contribution in [0.15, 0.2) is 55.6 Å². The Labute approximate surface area is 92.9 Å². The van der Waals surface area contributed by atoms with Crippen LogP contribution in [0.2, 0.25) is 12.1 Å². The molecule has 1 nitrogen and oxygen atoms in total. The largest absolute Gasteiger partial charge is 0.431 e. The first-order chi connectivity index (χ1) is 7.20. The number of hydrogen-bond acceptors (Lipinski definition) is 1. The molecule has 1 aromatic carbocycles. The molecule has 0 bridgehead atoms. The minimum Gasteiger partial charge on any atom is -0.431 e. The summed E-state index contributed by atoms with van der Waals surface area (Å²) in [7, 11) is -2.23. The third kappa shape index (κ3) is 3.86. The van der Waals surface area contributed by atoms with Gasteiger partial charge in [0.15, 0.2) is 8.32 Å². The summed E-state index contributed by atoms with van der Waals surface area (Å²) < 4.78 is 0. The summed E-state index contributed by atoms with van der Waals surface area (Å²) >= 11 is 0. The van der Waals surface area contributed by atoms with Crippen molar-refractivity contribution in [2.24, 2.45) is 0 Å². The van der Waals surface area contributed by atoms with Crippen molar-refractivity contribution in [1.82, 2.24) is 0 Å². The van der Waals surface area contributed by atoms with E-state index >= 15 is 0 Å². The third-order valence-electron chi connectivity index (χ3n) is 2.42. The van der Waals surface area contributed by atoms with Crippen molar-refractivity contribution in [2.45, 2.75) is 18.1 Å². The second-order valence-corrected chi connectivity index (χ2v) is 7.49. The van der Waals surface area contributed by atoms with Gasteiger partial charge in [0.2, 0.25) is 0 Å². The lowest BCUT2D eigenvalue weighted by atomic mass is 10.2. The van der Waals surface area contributed by atoms with E-state index in [0.717, 1.165) is 18.1 Å². The van der Waals surface area contributed by atoms with E-state index in [0.29, 0.717) is 0 Å². The fraction of sp³-hybridized carbons (Fsp3) is 0.231. The van der Waals surface area contributed by atoms with Crippen LogP contribution < -0.4 is 0 Å². The Morgan fingerprint density at radius 3 is 2.07 bits per heavy atom. The Morgan fingerprint density at radius 1 is 1.07 bits per heavy atom. The molecule has 0 amide bonds. The monoisotopic (exact) mass is 218 g/mol. The van der Waals surface area contributed by atoms with Crippen molar-refractivity contribution in [3.63, 3.8) is 0 Å². The quantitative estimate of drug-likeness (QED) is 0.574. The van der Waals surface area contributed by atoms with Crippen molar-refractivity contribution in [2.75, 3.05) is 0 Å². The van der Waals surface area contributed by atoms with Gasteiger partial charge < -0.3 is 4.80 Å². The van der Waals surface area contributed by atoms with Gasteiger partial charge in [-0.2, -0.15) is 0 Å². The maximum atomic E-state index is 10.5. The summed E-state index contributed by atoms with van der Waals surface area (Å²) in [5.74, 6) is 0. The fourth-order valence-corrected chi connectivity index (χ4v) is 4.27. The highest BCUT2D eigenvalue weighted by atomic mass is 28.4. The molecule has 0 heterocycles. The summed E-state index contributed by atoms with van der Waals surface area (Å²) in [6.45, 7) is 7.42. The molecular formula is C13H18OSi. The maximum absolute atomic E-state index is 10.5. The molecule has 0 saturated carbocycles. The summed E-state index contributed by atoms with van der Waals surface area (Å²) in [5, 5.41) is 0. The molecular weight excluding hydrogens is 200 g/mol. The van der Waals surface area contributed by atoms with Gasteiger partial charge in [-0.3, -0.25) is 0 Å². The second kappa shape index (κ2) is 5.68. The highest BCUT2D eigenvalue weighted by molar-refractivity contribution is 6.72. The van der Waals surface area contributed by atoms with E-state index < -0.39 is 8.32 Å². The van der Waals surface area contributed by atoms with Crippen molar-refractivity contribution >= 4 is 8.32 Å². The highest BCUT2D eigenvalue weighted by Crippen LogP contribution is 2.19. The zero-order valence-corrected chi connectivity index (χ0v) is 10.0. The van der Waals surface area contributed by atoms with Crippen LogP contribution in [0.3, 0.4) is 0 Å². The predicted octanol–water partition coefficient (Wildman–Crippen LogP) is 3.08. The third-order valence-corrected chi connectivity index (χ3v) is 5.59. The normalized spacial score (nSPS) is 11.0. The SMILES string of the molecule is C=CC[Si](O)(CC=C)Cc1ccccc1. The zero-order valence-electron chi connectivity index (χ0n) is 9.02. The van der Waals surface area contributed by atoms with Gasteiger partial charge >= 0.3 is 0 Å². The number of allylic oxidation sites excluding steroid dienone is 2. The van der Waals surface area contributed by atoms with Crippen LogP contribution in [0.1, 0.15) is 5.56 Å². The number of benzene rings is 1. The van der Waals surface area contributed by atoms with E-state index in [-0.39, 0.29) is 0 Å². The van der Waals surface area contributed by atoms with Crippen LogP contribution >= 0.6 is 0 Å². The van der Waals surface area contributed by atoms with Gasteiger partial charge in [-0.05, 0) is 23.7 Å². The van der Waals surface area contributed by atoms with Crippen molar-refractivity contribution < 1.29 is 4.80 Å². The van der Waals surface area contributed by atoms with E-state index in [1.165, 1.54) is 5.56 Å². The molecule has 0 fully saturated rings. The van der Waals surface area contributed by atoms with Crippen LogP contribution in [-0.4, -0.2) is 13.1 Å². The summed E-state index contributed by atoms with van der Waals surface area (Å²) in [6.07, 6.45) is 3.64. The second-order valence-electron chi connectivity index (χ2n) is 3.87. The first-order valence-electron chi connectivity index (χ1n) is 5.18. The Hall–Kier alpha value is -1.12. The lowest BCUT2D eigenvalue weighted by molar-refractivity contribution is 0.536. The van der Waals surface area contributed by atoms with Gasteiger partial charge in [0, 0.05) is 0 Å². The minimum atomic E-state index is -2.23. The Kier molecular flexibility index (Phi) is 4.53. The van der Waals surface area contributed by atoms with Crippen LogP contribution in [0.4, 0.5) is 0 Å². The molecule has 0 aliphatic rings. The van der Waals surface area contributed by atoms with E-state index in [1.54, 1.807) is 0 Å². The molecule has 0 aliphatic heterocycles. The van der Waals surface area contributed by atoms with E-state index in [4.69, 9.17) is 0 Å². The highest BCUT2D eigenvalue weighted by Gasteiger charge is 2.27. The Balaban J connectivity index is 2.74. The van der Waals surface area contributed by atoms with Crippen LogP contribution in [0.5, 0.6) is 0 Å². The zero-order chi connectivity index (χ0) is 11.1. The van der Waals surface area contributed by atoms with Gasteiger partial charge in [-0.25, -0.2) is 0 Å². The Morgan fingerprint density at radius 2 is 1.60 bits per heavy atom. The molecule has 2 heteroatoms. The summed E-state index contributed by atoms with van der Waals surface area (Å²) in [6, 6.07) is 12.4. The molecule has 80 valence electrons. The topological polar surface area (TPSA) is 20.2 Å². The number of hydrogen-bond donors (Lipinski definition) is 1. The van der Waals surface area contributed by atoms with E-state index in [9.17, 15) is 4.80 Å². The van der Waals surface area contributed by atoms with Crippen LogP contribution in [0.25, 0.3) is 0 Å². The van der Waals surface area contributed by atoms with E-state index in [1.807, 2.05) is 30.4 Å². The average Bonchev–Trinajstić information content (AvgIpc) is 2.19. The number of rotatable bonds is 6. The van der Waals surface area contributed by atoms with Gasteiger partial charge in [0.05, 0.1) is 0 Å². The molecule has 0 aromatic heterocycles. The molecule has 0 saturated heterocycles. The molecule has 1 aromatic rings. The fourth-order valence-electron chi connectivity index (χ4n) is 1.74. The predicted molar refractivity (Wildman–Crippen MR) is 68.1 cm³/mol. The van der Waals surface area contributed by atoms with Gasteiger partial charge in [0.25, 0.3) is 0 Å². The van der Waals surface area contributed by atoms with Crippen molar-refractivity contribution in [3.8, 4) is 0 Å². The molecule has 1 N–H and O–H groups in total. The molecule has 0 spiro atoms. The maximum Gasteiger partial charge on any atom is 0.200 e. The van der Waals surface area contributed by atoms with Crippen molar-refractivity contribution in [1.29, 1.82) is 0 Å². The van der Waals surface area contributed by atoms with Gasteiger partial charge in [0.1, 0.15) is 0 Å². The molecule has 0 aliphatic carbocycles. The molecule has 1 rings (SSSR count).